The van der Waals surface area contributed by atoms with Crippen molar-refractivity contribution in [1.29, 1.82) is 0 Å². The Labute approximate surface area is 121 Å². The Kier molecular flexibility index (Phi) is 5.26. The lowest BCUT2D eigenvalue weighted by atomic mass is 9.96. The second-order valence-electron chi connectivity index (χ2n) is 5.59. The molecular formula is C16H26N2O2. The van der Waals surface area contributed by atoms with E-state index in [-0.39, 0.29) is 11.8 Å². The number of phenols is 1. The van der Waals surface area contributed by atoms with Gasteiger partial charge in [-0.2, -0.15) is 0 Å². The van der Waals surface area contributed by atoms with E-state index in [0.29, 0.717) is 18.4 Å². The van der Waals surface area contributed by atoms with Gasteiger partial charge in [-0.1, -0.05) is 18.6 Å². The molecule has 1 fully saturated rings. The summed E-state index contributed by atoms with van der Waals surface area (Å²) in [5.41, 5.74) is 7.02. The predicted molar refractivity (Wildman–Crippen MR) is 81.0 cm³/mol. The van der Waals surface area contributed by atoms with Crippen molar-refractivity contribution < 1.29 is 9.84 Å². The number of benzene rings is 1. The van der Waals surface area contributed by atoms with Crippen LogP contribution in [-0.2, 0) is 6.54 Å². The number of para-hydroxylation sites is 1. The zero-order valence-electron chi connectivity index (χ0n) is 12.5. The molecule has 1 saturated heterocycles. The summed E-state index contributed by atoms with van der Waals surface area (Å²) in [5.74, 6) is 0.836. The fraction of sp³-hybridized carbons (Fsp3) is 0.625. The molecule has 0 spiro atoms. The molecule has 1 heterocycles. The van der Waals surface area contributed by atoms with Gasteiger partial charge in [-0.05, 0) is 39.3 Å². The second kappa shape index (κ2) is 6.95. The number of aromatic hydroxyl groups is 1. The maximum Gasteiger partial charge on any atom is 0.162 e. The highest BCUT2D eigenvalue weighted by Crippen LogP contribution is 2.32. The normalized spacial score (nSPS) is 21.6. The topological polar surface area (TPSA) is 58.7 Å². The minimum atomic E-state index is 0.160. The van der Waals surface area contributed by atoms with Crippen molar-refractivity contribution >= 4 is 0 Å². The van der Waals surface area contributed by atoms with Gasteiger partial charge in [-0.25, -0.2) is 0 Å². The number of hydrogen-bond donors (Lipinski definition) is 2. The molecule has 4 heteroatoms. The van der Waals surface area contributed by atoms with Crippen LogP contribution in [0.3, 0.4) is 0 Å². The molecule has 1 aromatic carbocycles. The van der Waals surface area contributed by atoms with Crippen molar-refractivity contribution in [3.63, 3.8) is 0 Å². The number of ether oxygens (including phenoxy) is 1. The molecule has 2 atom stereocenters. The molecule has 4 nitrogen and oxygen atoms in total. The molecule has 2 rings (SSSR count). The quantitative estimate of drug-likeness (QED) is 0.869. The maximum atomic E-state index is 10.3. The van der Waals surface area contributed by atoms with E-state index in [4.69, 9.17) is 10.5 Å². The van der Waals surface area contributed by atoms with Gasteiger partial charge < -0.3 is 15.6 Å². The number of nitrogens with zero attached hydrogens (tertiary/aromatic N) is 1. The van der Waals surface area contributed by atoms with Gasteiger partial charge in [0.15, 0.2) is 11.5 Å². The summed E-state index contributed by atoms with van der Waals surface area (Å²) in [6.45, 7) is 6.33. The summed E-state index contributed by atoms with van der Waals surface area (Å²) in [6, 6.07) is 6.27. The molecule has 0 saturated carbocycles. The summed E-state index contributed by atoms with van der Waals surface area (Å²) >= 11 is 0. The van der Waals surface area contributed by atoms with Gasteiger partial charge in [0, 0.05) is 24.2 Å². The Hall–Kier alpha value is -1.26. The van der Waals surface area contributed by atoms with E-state index >= 15 is 0 Å². The van der Waals surface area contributed by atoms with Gasteiger partial charge in [0.05, 0.1) is 6.61 Å². The Morgan fingerprint density at radius 3 is 2.95 bits per heavy atom. The number of likely N-dealkylation sites (tertiary alicyclic amines) is 1. The first-order valence-corrected chi connectivity index (χ1v) is 7.56. The summed E-state index contributed by atoms with van der Waals surface area (Å²) in [7, 11) is 0. The Balaban J connectivity index is 2.13. The minimum absolute atomic E-state index is 0.160. The van der Waals surface area contributed by atoms with Crippen LogP contribution in [0.15, 0.2) is 18.2 Å². The van der Waals surface area contributed by atoms with Crippen LogP contribution in [0.2, 0.25) is 0 Å². The van der Waals surface area contributed by atoms with E-state index in [1.54, 1.807) is 0 Å². The highest BCUT2D eigenvalue weighted by Gasteiger charge is 2.26. The standard InChI is InChI=1S/C16H26N2O2/c1-3-20-15-9-6-7-13(16(15)19)11-18-10-5-4-8-14(18)12(2)17/h6-7,9,12,14,19H,3-5,8,10-11,17H2,1-2H3. The molecule has 2 unspecified atom stereocenters. The summed E-state index contributed by atoms with van der Waals surface area (Å²) in [6.07, 6.45) is 3.59. The number of rotatable bonds is 5. The summed E-state index contributed by atoms with van der Waals surface area (Å²) in [5, 5.41) is 10.3. The SMILES string of the molecule is CCOc1cccc(CN2CCCCC2C(C)N)c1O. The van der Waals surface area contributed by atoms with Gasteiger partial charge in [0.1, 0.15) is 0 Å². The van der Waals surface area contributed by atoms with E-state index < -0.39 is 0 Å². The van der Waals surface area contributed by atoms with Gasteiger partial charge >= 0.3 is 0 Å². The summed E-state index contributed by atoms with van der Waals surface area (Å²) in [4.78, 5) is 2.39. The van der Waals surface area contributed by atoms with Crippen molar-refractivity contribution in [2.75, 3.05) is 13.2 Å². The molecule has 1 aliphatic rings. The van der Waals surface area contributed by atoms with Crippen molar-refractivity contribution in [3.8, 4) is 11.5 Å². The Morgan fingerprint density at radius 1 is 1.45 bits per heavy atom. The van der Waals surface area contributed by atoms with Crippen LogP contribution >= 0.6 is 0 Å². The van der Waals surface area contributed by atoms with Crippen LogP contribution in [0, 0.1) is 0 Å². The van der Waals surface area contributed by atoms with Crippen molar-refractivity contribution in [3.05, 3.63) is 23.8 Å². The van der Waals surface area contributed by atoms with E-state index in [9.17, 15) is 5.11 Å². The molecule has 1 aliphatic heterocycles. The van der Waals surface area contributed by atoms with Gasteiger partial charge in [0.2, 0.25) is 0 Å². The lowest BCUT2D eigenvalue weighted by Gasteiger charge is -2.38. The number of piperidine rings is 1. The molecule has 0 amide bonds. The van der Waals surface area contributed by atoms with Crippen molar-refractivity contribution in [2.24, 2.45) is 5.73 Å². The molecule has 0 aliphatic carbocycles. The third-order valence-electron chi connectivity index (χ3n) is 4.03. The first-order valence-electron chi connectivity index (χ1n) is 7.56. The highest BCUT2D eigenvalue weighted by atomic mass is 16.5. The fourth-order valence-corrected chi connectivity index (χ4v) is 2.99. The van der Waals surface area contributed by atoms with E-state index in [2.05, 4.69) is 11.8 Å². The molecular weight excluding hydrogens is 252 g/mol. The smallest absolute Gasteiger partial charge is 0.162 e. The van der Waals surface area contributed by atoms with Crippen LogP contribution in [0.5, 0.6) is 11.5 Å². The van der Waals surface area contributed by atoms with Crippen molar-refractivity contribution in [1.82, 2.24) is 4.90 Å². The first kappa shape index (κ1) is 15.1. The second-order valence-corrected chi connectivity index (χ2v) is 5.59. The lowest BCUT2D eigenvalue weighted by Crippen LogP contribution is -2.48. The van der Waals surface area contributed by atoms with Crippen LogP contribution in [0.1, 0.15) is 38.7 Å². The number of hydrogen-bond acceptors (Lipinski definition) is 4. The Bertz CT molecular complexity index is 434. The average Bonchev–Trinajstić information content (AvgIpc) is 2.44. The van der Waals surface area contributed by atoms with Crippen LogP contribution in [0.25, 0.3) is 0 Å². The molecule has 20 heavy (non-hydrogen) atoms. The third-order valence-corrected chi connectivity index (χ3v) is 4.03. The minimum Gasteiger partial charge on any atom is -0.504 e. The molecule has 3 N–H and O–H groups in total. The third kappa shape index (κ3) is 3.44. The average molecular weight is 278 g/mol. The van der Waals surface area contributed by atoms with E-state index in [1.165, 1.54) is 12.8 Å². The molecule has 112 valence electrons. The number of phenolic OH excluding ortho intramolecular Hbond substituents is 1. The zero-order valence-corrected chi connectivity index (χ0v) is 12.5. The largest absolute Gasteiger partial charge is 0.504 e. The number of nitrogens with two attached hydrogens (primary N) is 1. The zero-order chi connectivity index (χ0) is 14.5. The van der Waals surface area contributed by atoms with Crippen LogP contribution in [0.4, 0.5) is 0 Å². The van der Waals surface area contributed by atoms with Crippen LogP contribution < -0.4 is 10.5 Å². The Morgan fingerprint density at radius 2 is 2.25 bits per heavy atom. The van der Waals surface area contributed by atoms with Gasteiger partial charge in [-0.15, -0.1) is 0 Å². The van der Waals surface area contributed by atoms with Crippen LogP contribution in [-0.4, -0.2) is 35.2 Å². The summed E-state index contributed by atoms with van der Waals surface area (Å²) < 4.78 is 5.45. The molecule has 1 aromatic rings. The van der Waals surface area contributed by atoms with Crippen molar-refractivity contribution in [2.45, 2.75) is 51.7 Å². The monoisotopic (exact) mass is 278 g/mol. The predicted octanol–water partition coefficient (Wildman–Crippen LogP) is 2.49. The lowest BCUT2D eigenvalue weighted by molar-refractivity contribution is 0.121. The van der Waals surface area contributed by atoms with E-state index in [0.717, 1.165) is 25.1 Å². The molecule has 0 radical (unpaired) electrons. The maximum absolute atomic E-state index is 10.3. The molecule has 0 bridgehead atoms. The van der Waals surface area contributed by atoms with Gasteiger partial charge in [-0.3, -0.25) is 4.90 Å². The van der Waals surface area contributed by atoms with E-state index in [1.807, 2.05) is 25.1 Å². The first-order chi connectivity index (χ1) is 9.63. The highest BCUT2D eigenvalue weighted by molar-refractivity contribution is 5.45. The molecule has 0 aromatic heterocycles. The van der Waals surface area contributed by atoms with Gasteiger partial charge in [0.25, 0.3) is 0 Å². The fourth-order valence-electron chi connectivity index (χ4n) is 2.99.